The average molecular weight is 315 g/mol. The van der Waals surface area contributed by atoms with Crippen LogP contribution in [0.5, 0.6) is 0 Å². The first-order chi connectivity index (χ1) is 10.5. The van der Waals surface area contributed by atoms with Crippen molar-refractivity contribution in [2.24, 2.45) is 5.92 Å². The lowest BCUT2D eigenvalue weighted by Crippen LogP contribution is -2.39. The summed E-state index contributed by atoms with van der Waals surface area (Å²) in [5, 5.41) is 3.74. The van der Waals surface area contributed by atoms with Gasteiger partial charge in [0.2, 0.25) is 11.8 Å². The second kappa shape index (κ2) is 5.91. The number of amides is 1. The van der Waals surface area contributed by atoms with Crippen LogP contribution in [0.2, 0.25) is 0 Å². The topological polar surface area (TPSA) is 68.5 Å². The molecule has 1 aromatic rings. The zero-order chi connectivity index (χ0) is 15.7. The SMILES string of the molecule is CCc1noc([C@@H]2CC(F)(F)CN2C(=O)C2CCOCC2)n1. The lowest BCUT2D eigenvalue weighted by molar-refractivity contribution is -0.141. The number of nitrogens with zero attached hydrogens (tertiary/aromatic N) is 3. The second-order valence-electron chi connectivity index (χ2n) is 5.83. The minimum atomic E-state index is -2.92. The van der Waals surface area contributed by atoms with E-state index < -0.39 is 24.9 Å². The number of ether oxygens (including phenoxy) is 1. The third kappa shape index (κ3) is 2.97. The molecule has 0 radical (unpaired) electrons. The molecule has 1 amide bonds. The Morgan fingerprint density at radius 1 is 1.41 bits per heavy atom. The minimum Gasteiger partial charge on any atom is -0.381 e. The molecule has 3 heterocycles. The Morgan fingerprint density at radius 2 is 2.14 bits per heavy atom. The van der Waals surface area contributed by atoms with Gasteiger partial charge in [0.25, 0.3) is 5.92 Å². The van der Waals surface area contributed by atoms with E-state index in [-0.39, 0.29) is 17.7 Å². The van der Waals surface area contributed by atoms with Crippen LogP contribution >= 0.6 is 0 Å². The molecule has 0 spiro atoms. The molecule has 3 rings (SSSR count). The van der Waals surface area contributed by atoms with E-state index in [4.69, 9.17) is 9.26 Å². The second-order valence-corrected chi connectivity index (χ2v) is 5.83. The Labute approximate surface area is 126 Å². The first-order valence-electron chi connectivity index (χ1n) is 7.58. The van der Waals surface area contributed by atoms with Crippen molar-refractivity contribution in [3.63, 3.8) is 0 Å². The van der Waals surface area contributed by atoms with Crippen LogP contribution in [0.25, 0.3) is 0 Å². The monoisotopic (exact) mass is 315 g/mol. The van der Waals surface area contributed by atoms with Crippen molar-refractivity contribution in [3.8, 4) is 0 Å². The molecule has 2 aliphatic rings. The molecule has 0 N–H and O–H groups in total. The number of hydrogen-bond donors (Lipinski definition) is 0. The summed E-state index contributed by atoms with van der Waals surface area (Å²) in [5.74, 6) is -2.88. The van der Waals surface area contributed by atoms with Gasteiger partial charge in [-0.05, 0) is 12.8 Å². The van der Waals surface area contributed by atoms with E-state index in [1.165, 1.54) is 4.90 Å². The predicted octanol–water partition coefficient (Wildman–Crippen LogP) is 1.97. The Bertz CT molecular complexity index is 543. The van der Waals surface area contributed by atoms with Crippen molar-refractivity contribution in [3.05, 3.63) is 11.7 Å². The minimum absolute atomic E-state index is 0.106. The first-order valence-corrected chi connectivity index (χ1v) is 7.58. The fourth-order valence-corrected chi connectivity index (χ4v) is 2.99. The summed E-state index contributed by atoms with van der Waals surface area (Å²) in [7, 11) is 0. The predicted molar refractivity (Wildman–Crippen MR) is 71.2 cm³/mol. The van der Waals surface area contributed by atoms with Gasteiger partial charge < -0.3 is 14.2 Å². The van der Waals surface area contributed by atoms with Gasteiger partial charge >= 0.3 is 0 Å². The number of aromatic nitrogens is 2. The van der Waals surface area contributed by atoms with E-state index in [1.54, 1.807) is 0 Å². The maximum absolute atomic E-state index is 13.8. The van der Waals surface area contributed by atoms with Crippen LogP contribution in [0.3, 0.4) is 0 Å². The van der Waals surface area contributed by atoms with Crippen LogP contribution in [-0.4, -0.2) is 46.6 Å². The van der Waals surface area contributed by atoms with Gasteiger partial charge in [0, 0.05) is 32.0 Å². The summed E-state index contributed by atoms with van der Waals surface area (Å²) >= 11 is 0. The van der Waals surface area contributed by atoms with E-state index in [9.17, 15) is 13.6 Å². The highest BCUT2D eigenvalue weighted by Crippen LogP contribution is 2.41. The van der Waals surface area contributed by atoms with Gasteiger partial charge in [-0.1, -0.05) is 12.1 Å². The Kier molecular flexibility index (Phi) is 4.12. The van der Waals surface area contributed by atoms with Crippen molar-refractivity contribution in [2.45, 2.75) is 44.6 Å². The molecule has 1 aromatic heterocycles. The summed E-state index contributed by atoms with van der Waals surface area (Å²) in [6.07, 6.45) is 1.23. The zero-order valence-corrected chi connectivity index (χ0v) is 12.4. The smallest absolute Gasteiger partial charge is 0.267 e. The highest BCUT2D eigenvalue weighted by molar-refractivity contribution is 5.79. The quantitative estimate of drug-likeness (QED) is 0.853. The Morgan fingerprint density at radius 3 is 2.77 bits per heavy atom. The van der Waals surface area contributed by atoms with Crippen LogP contribution in [0.1, 0.15) is 43.9 Å². The van der Waals surface area contributed by atoms with Crippen LogP contribution in [0.4, 0.5) is 8.78 Å². The van der Waals surface area contributed by atoms with Crippen LogP contribution in [0.15, 0.2) is 4.52 Å². The van der Waals surface area contributed by atoms with Crippen molar-refractivity contribution >= 4 is 5.91 Å². The molecule has 0 bridgehead atoms. The van der Waals surface area contributed by atoms with Crippen LogP contribution in [0, 0.1) is 5.92 Å². The lowest BCUT2D eigenvalue weighted by Gasteiger charge is -2.28. The highest BCUT2D eigenvalue weighted by atomic mass is 19.3. The van der Waals surface area contributed by atoms with Crippen molar-refractivity contribution in [2.75, 3.05) is 19.8 Å². The number of carbonyl (C=O) groups is 1. The molecule has 2 saturated heterocycles. The summed E-state index contributed by atoms with van der Waals surface area (Å²) in [4.78, 5) is 17.9. The van der Waals surface area contributed by atoms with Gasteiger partial charge in [-0.2, -0.15) is 4.98 Å². The zero-order valence-electron chi connectivity index (χ0n) is 12.4. The molecule has 2 fully saturated rings. The largest absolute Gasteiger partial charge is 0.381 e. The summed E-state index contributed by atoms with van der Waals surface area (Å²) in [6, 6.07) is -0.835. The number of carbonyl (C=O) groups excluding carboxylic acids is 1. The van der Waals surface area contributed by atoms with E-state index >= 15 is 0 Å². The first kappa shape index (κ1) is 15.3. The number of likely N-dealkylation sites (tertiary alicyclic amines) is 1. The summed E-state index contributed by atoms with van der Waals surface area (Å²) < 4.78 is 38.0. The fourth-order valence-electron chi connectivity index (χ4n) is 2.99. The van der Waals surface area contributed by atoms with E-state index in [0.717, 1.165) is 0 Å². The molecule has 0 aliphatic carbocycles. The maximum Gasteiger partial charge on any atom is 0.267 e. The molecular formula is C14H19F2N3O3. The number of halogens is 2. The maximum atomic E-state index is 13.8. The average Bonchev–Trinajstić information content (AvgIpc) is 3.11. The van der Waals surface area contributed by atoms with Crippen molar-refractivity contribution in [1.29, 1.82) is 0 Å². The Hall–Kier alpha value is -1.57. The van der Waals surface area contributed by atoms with Gasteiger partial charge in [-0.15, -0.1) is 0 Å². The van der Waals surface area contributed by atoms with Gasteiger partial charge in [0.15, 0.2) is 5.82 Å². The summed E-state index contributed by atoms with van der Waals surface area (Å²) in [5.41, 5.74) is 0. The molecule has 6 nitrogen and oxygen atoms in total. The number of alkyl halides is 2. The van der Waals surface area contributed by atoms with Gasteiger partial charge in [0.1, 0.15) is 6.04 Å². The van der Waals surface area contributed by atoms with Crippen LogP contribution in [-0.2, 0) is 16.0 Å². The fraction of sp³-hybridized carbons (Fsp3) is 0.786. The Balaban J connectivity index is 1.81. The van der Waals surface area contributed by atoms with E-state index in [1.807, 2.05) is 6.92 Å². The number of aryl methyl sites for hydroxylation is 1. The molecule has 0 aromatic carbocycles. The molecule has 8 heteroatoms. The van der Waals surface area contributed by atoms with Crippen molar-refractivity contribution in [1.82, 2.24) is 15.0 Å². The van der Waals surface area contributed by atoms with Gasteiger partial charge in [-0.3, -0.25) is 4.79 Å². The third-order valence-corrected chi connectivity index (χ3v) is 4.21. The molecule has 1 atom stereocenters. The highest BCUT2D eigenvalue weighted by Gasteiger charge is 2.50. The molecule has 22 heavy (non-hydrogen) atoms. The van der Waals surface area contributed by atoms with Gasteiger partial charge in [-0.25, -0.2) is 8.78 Å². The molecule has 0 saturated carbocycles. The normalized spacial score (nSPS) is 25.6. The van der Waals surface area contributed by atoms with Crippen LogP contribution < -0.4 is 0 Å². The lowest BCUT2D eigenvalue weighted by atomic mass is 9.98. The van der Waals surface area contributed by atoms with E-state index in [2.05, 4.69) is 10.1 Å². The molecule has 0 unspecified atom stereocenters. The molecular weight excluding hydrogens is 296 g/mol. The standard InChI is InChI=1S/C14H19F2N3O3/c1-2-11-17-12(22-18-11)10-7-14(15,16)8-19(10)13(20)9-3-5-21-6-4-9/h9-10H,2-8H2,1H3/t10-/m0/s1. The van der Waals surface area contributed by atoms with E-state index in [0.29, 0.717) is 38.3 Å². The summed E-state index contributed by atoms with van der Waals surface area (Å²) in [6.45, 7) is 2.25. The third-order valence-electron chi connectivity index (χ3n) is 4.21. The molecule has 122 valence electrons. The number of rotatable bonds is 3. The number of hydrogen-bond acceptors (Lipinski definition) is 5. The van der Waals surface area contributed by atoms with Crippen molar-refractivity contribution < 1.29 is 22.8 Å². The molecule has 2 aliphatic heterocycles. The van der Waals surface area contributed by atoms with Gasteiger partial charge in [0.05, 0.1) is 6.54 Å².